The van der Waals surface area contributed by atoms with Crippen LogP contribution in [0.3, 0.4) is 0 Å². The normalized spacial score (nSPS) is 10.5. The largest absolute Gasteiger partial charge is 0.483 e. The first-order valence-corrected chi connectivity index (χ1v) is 10.1. The summed E-state index contributed by atoms with van der Waals surface area (Å²) in [6.07, 6.45) is 0. The molecule has 3 N–H and O–H groups in total. The lowest BCUT2D eigenvalue weighted by atomic mass is 10.1. The Morgan fingerprint density at radius 2 is 1.68 bits per heavy atom. The molecule has 31 heavy (non-hydrogen) atoms. The molecule has 0 fully saturated rings. The maximum absolute atomic E-state index is 12.2. The average molecular weight is 439 g/mol. The first-order valence-electron chi connectivity index (χ1n) is 9.71. The number of aromatic carboxylic acids is 1. The Bertz CT molecular complexity index is 1050. The van der Waals surface area contributed by atoms with E-state index >= 15 is 0 Å². The summed E-state index contributed by atoms with van der Waals surface area (Å²) in [5.74, 6) is -0.639. The number of carboxylic acids is 1. The number of benzene rings is 3. The molecule has 0 bridgehead atoms. The van der Waals surface area contributed by atoms with Gasteiger partial charge in [0, 0.05) is 29.4 Å². The summed E-state index contributed by atoms with van der Waals surface area (Å²) >= 11 is 6.12. The van der Waals surface area contributed by atoms with Crippen LogP contribution in [0.4, 0.5) is 5.69 Å². The van der Waals surface area contributed by atoms with E-state index in [1.54, 1.807) is 42.5 Å². The molecule has 3 aromatic carbocycles. The van der Waals surface area contributed by atoms with Gasteiger partial charge in [-0.25, -0.2) is 4.79 Å². The van der Waals surface area contributed by atoms with Crippen molar-refractivity contribution in [3.8, 4) is 5.75 Å². The molecule has 0 radical (unpaired) electrons. The van der Waals surface area contributed by atoms with Crippen LogP contribution < -0.4 is 15.4 Å². The lowest BCUT2D eigenvalue weighted by Gasteiger charge is -2.13. The third-order valence-electron chi connectivity index (χ3n) is 4.56. The summed E-state index contributed by atoms with van der Waals surface area (Å²) in [7, 11) is 0. The fraction of sp³-hybridized carbons (Fsp3) is 0.167. The zero-order valence-electron chi connectivity index (χ0n) is 17.0. The number of carbonyl (C=O) groups excluding carboxylic acids is 1. The Kier molecular flexibility index (Phi) is 7.65. The van der Waals surface area contributed by atoms with Gasteiger partial charge in [0.25, 0.3) is 5.91 Å². The molecule has 160 valence electrons. The van der Waals surface area contributed by atoms with Crippen LogP contribution in [0.2, 0.25) is 5.02 Å². The van der Waals surface area contributed by atoms with E-state index in [0.29, 0.717) is 29.5 Å². The van der Waals surface area contributed by atoms with E-state index in [2.05, 4.69) is 10.6 Å². The molecule has 0 heterocycles. The Morgan fingerprint density at radius 3 is 2.35 bits per heavy atom. The van der Waals surface area contributed by atoms with E-state index < -0.39 is 5.97 Å². The molecule has 6 nitrogen and oxygen atoms in total. The van der Waals surface area contributed by atoms with Crippen molar-refractivity contribution in [2.75, 3.05) is 11.9 Å². The molecule has 0 aliphatic rings. The predicted octanol–water partition coefficient (Wildman–Crippen LogP) is 4.65. The molecule has 3 rings (SSSR count). The minimum absolute atomic E-state index is 0.126. The van der Waals surface area contributed by atoms with Crippen LogP contribution in [-0.2, 0) is 17.9 Å². The molecular weight excluding hydrogens is 416 g/mol. The van der Waals surface area contributed by atoms with E-state index in [9.17, 15) is 9.59 Å². The standard InChI is InChI=1S/C24H23ClN2O4/c1-16-2-9-21(10-3-16)27-23(28)15-31-22-11-8-20(25)12-19(22)14-26-13-17-4-6-18(7-5-17)24(29)30/h2-12,26H,13-15H2,1H3,(H,27,28)(H,29,30). The molecule has 0 unspecified atom stereocenters. The summed E-state index contributed by atoms with van der Waals surface area (Å²) < 4.78 is 5.72. The second-order valence-electron chi connectivity index (χ2n) is 7.06. The smallest absolute Gasteiger partial charge is 0.335 e. The predicted molar refractivity (Wildman–Crippen MR) is 121 cm³/mol. The van der Waals surface area contributed by atoms with Gasteiger partial charge in [-0.2, -0.15) is 0 Å². The number of amides is 1. The van der Waals surface area contributed by atoms with E-state index in [4.69, 9.17) is 21.4 Å². The molecule has 0 atom stereocenters. The molecule has 0 aromatic heterocycles. The molecule has 3 aromatic rings. The number of carbonyl (C=O) groups is 2. The Balaban J connectivity index is 1.55. The van der Waals surface area contributed by atoms with E-state index in [-0.39, 0.29) is 18.1 Å². The van der Waals surface area contributed by atoms with Gasteiger partial charge in [0.1, 0.15) is 5.75 Å². The number of hydrogen-bond acceptors (Lipinski definition) is 4. The molecule has 0 spiro atoms. The van der Waals surface area contributed by atoms with Crippen LogP contribution >= 0.6 is 11.6 Å². The van der Waals surface area contributed by atoms with Gasteiger partial charge in [0.05, 0.1) is 5.56 Å². The molecule has 7 heteroatoms. The maximum atomic E-state index is 12.2. The van der Waals surface area contributed by atoms with E-state index in [1.165, 1.54) is 0 Å². The first-order chi connectivity index (χ1) is 14.9. The van der Waals surface area contributed by atoms with Crippen LogP contribution in [0.25, 0.3) is 0 Å². The monoisotopic (exact) mass is 438 g/mol. The fourth-order valence-corrected chi connectivity index (χ4v) is 3.11. The molecular formula is C24H23ClN2O4. The Hall–Kier alpha value is -3.35. The number of ether oxygens (including phenoxy) is 1. The Morgan fingerprint density at radius 1 is 0.968 bits per heavy atom. The van der Waals surface area contributed by atoms with Crippen LogP contribution in [0.1, 0.15) is 27.0 Å². The number of carboxylic acid groups (broad SMARTS) is 1. The van der Waals surface area contributed by atoms with Gasteiger partial charge in [-0.1, -0.05) is 41.4 Å². The van der Waals surface area contributed by atoms with Gasteiger partial charge in [-0.15, -0.1) is 0 Å². The number of nitrogens with one attached hydrogen (secondary N) is 2. The lowest BCUT2D eigenvalue weighted by Crippen LogP contribution is -2.21. The average Bonchev–Trinajstić information content (AvgIpc) is 2.75. The van der Waals surface area contributed by atoms with E-state index in [0.717, 1.165) is 16.7 Å². The minimum atomic E-state index is -0.952. The fourth-order valence-electron chi connectivity index (χ4n) is 2.91. The van der Waals surface area contributed by atoms with Crippen molar-refractivity contribution in [1.82, 2.24) is 5.32 Å². The highest BCUT2D eigenvalue weighted by Gasteiger charge is 2.09. The summed E-state index contributed by atoms with van der Waals surface area (Å²) in [5, 5.41) is 15.6. The Labute approximate surface area is 185 Å². The molecule has 0 saturated carbocycles. The summed E-state index contributed by atoms with van der Waals surface area (Å²) in [6.45, 7) is 2.87. The minimum Gasteiger partial charge on any atom is -0.483 e. The highest BCUT2D eigenvalue weighted by Crippen LogP contribution is 2.23. The van der Waals surface area contributed by atoms with Crippen molar-refractivity contribution in [2.24, 2.45) is 0 Å². The van der Waals surface area contributed by atoms with Crippen LogP contribution in [0.5, 0.6) is 5.75 Å². The molecule has 0 aliphatic carbocycles. The number of rotatable bonds is 9. The number of aryl methyl sites for hydroxylation is 1. The number of anilines is 1. The van der Waals surface area contributed by atoms with Crippen LogP contribution in [0, 0.1) is 6.92 Å². The van der Waals surface area contributed by atoms with Gasteiger partial charge >= 0.3 is 5.97 Å². The third-order valence-corrected chi connectivity index (χ3v) is 4.80. The second-order valence-corrected chi connectivity index (χ2v) is 7.50. The van der Waals surface area contributed by atoms with Crippen molar-refractivity contribution in [1.29, 1.82) is 0 Å². The SMILES string of the molecule is Cc1ccc(NC(=O)COc2ccc(Cl)cc2CNCc2ccc(C(=O)O)cc2)cc1. The van der Waals surface area contributed by atoms with E-state index in [1.807, 2.05) is 31.2 Å². The zero-order chi connectivity index (χ0) is 22.2. The van der Waals surface area contributed by atoms with Crippen LogP contribution in [-0.4, -0.2) is 23.6 Å². The van der Waals surface area contributed by atoms with Gasteiger partial charge < -0.3 is 20.5 Å². The van der Waals surface area contributed by atoms with Crippen LogP contribution in [0.15, 0.2) is 66.7 Å². The van der Waals surface area contributed by atoms with Gasteiger partial charge in [0.15, 0.2) is 6.61 Å². The topological polar surface area (TPSA) is 87.7 Å². The first kappa shape index (κ1) is 22.3. The number of hydrogen-bond donors (Lipinski definition) is 3. The summed E-state index contributed by atoms with van der Waals surface area (Å²) in [6, 6.07) is 19.4. The quantitative estimate of drug-likeness (QED) is 0.452. The summed E-state index contributed by atoms with van der Waals surface area (Å²) in [5.41, 5.74) is 3.85. The molecule has 0 aliphatic heterocycles. The van der Waals surface area contributed by atoms with Crippen molar-refractivity contribution in [2.45, 2.75) is 20.0 Å². The van der Waals surface area contributed by atoms with Crippen molar-refractivity contribution in [3.05, 3.63) is 94.0 Å². The highest BCUT2D eigenvalue weighted by molar-refractivity contribution is 6.30. The maximum Gasteiger partial charge on any atom is 0.335 e. The lowest BCUT2D eigenvalue weighted by molar-refractivity contribution is -0.118. The van der Waals surface area contributed by atoms with Crippen molar-refractivity contribution >= 4 is 29.2 Å². The van der Waals surface area contributed by atoms with Gasteiger partial charge in [0.2, 0.25) is 0 Å². The highest BCUT2D eigenvalue weighted by atomic mass is 35.5. The number of halogens is 1. The molecule has 1 amide bonds. The van der Waals surface area contributed by atoms with Gasteiger partial charge in [-0.05, 0) is 55.0 Å². The molecule has 0 saturated heterocycles. The van der Waals surface area contributed by atoms with Gasteiger partial charge in [-0.3, -0.25) is 4.79 Å². The van der Waals surface area contributed by atoms with Crippen molar-refractivity contribution in [3.63, 3.8) is 0 Å². The second kappa shape index (κ2) is 10.6. The zero-order valence-corrected chi connectivity index (χ0v) is 17.8. The van der Waals surface area contributed by atoms with Crippen molar-refractivity contribution < 1.29 is 19.4 Å². The summed E-state index contributed by atoms with van der Waals surface area (Å²) in [4.78, 5) is 23.1. The third kappa shape index (κ3) is 6.84.